The second-order valence-electron chi connectivity index (χ2n) is 6.80. The standard InChI is InChI=1S/C21H15F3N6O3/c1-12-7-15(18-28-19(33-30-18)21(22,23)24)10-27-17(12)29-20(31)32-11-13-4-5-16(26-8-13)14-3-2-6-25-9-14/h2-10H,11H2,1H3,(H,27,29,31). The maximum Gasteiger partial charge on any atom is 0.471 e. The molecule has 9 nitrogen and oxygen atoms in total. The predicted molar refractivity (Wildman–Crippen MR) is 109 cm³/mol. The molecule has 0 fully saturated rings. The van der Waals surface area contributed by atoms with E-state index < -0.39 is 18.2 Å². The van der Waals surface area contributed by atoms with E-state index >= 15 is 0 Å². The van der Waals surface area contributed by atoms with E-state index in [2.05, 4.69) is 34.9 Å². The van der Waals surface area contributed by atoms with Crippen LogP contribution in [-0.2, 0) is 17.5 Å². The van der Waals surface area contributed by atoms with E-state index in [1.54, 1.807) is 37.6 Å². The number of pyridine rings is 3. The summed E-state index contributed by atoms with van der Waals surface area (Å²) in [5.41, 5.74) is 2.94. The minimum absolute atomic E-state index is 0.0215. The molecule has 4 aromatic rings. The Hall–Kier alpha value is -4.35. The SMILES string of the molecule is Cc1cc(-c2noc(C(F)(F)F)n2)cnc1NC(=O)OCc1ccc(-c2cccnc2)nc1. The number of aromatic nitrogens is 5. The Bertz CT molecular complexity index is 1260. The summed E-state index contributed by atoms with van der Waals surface area (Å²) in [7, 11) is 0. The lowest BCUT2D eigenvalue weighted by Gasteiger charge is -2.09. The highest BCUT2D eigenvalue weighted by Crippen LogP contribution is 2.29. The van der Waals surface area contributed by atoms with Crippen LogP contribution in [0.25, 0.3) is 22.6 Å². The van der Waals surface area contributed by atoms with Crippen LogP contribution in [0.1, 0.15) is 17.0 Å². The number of carbonyl (C=O) groups is 1. The van der Waals surface area contributed by atoms with Gasteiger partial charge >= 0.3 is 18.2 Å². The number of carbonyl (C=O) groups excluding carboxylic acids is 1. The Morgan fingerprint density at radius 3 is 2.61 bits per heavy atom. The van der Waals surface area contributed by atoms with Gasteiger partial charge in [-0.1, -0.05) is 11.2 Å². The molecule has 168 valence electrons. The van der Waals surface area contributed by atoms with Crippen molar-refractivity contribution < 1.29 is 27.2 Å². The second kappa shape index (κ2) is 9.02. The summed E-state index contributed by atoms with van der Waals surface area (Å²) in [5, 5.41) is 5.79. The first kappa shape index (κ1) is 21.9. The third-order valence-corrected chi connectivity index (χ3v) is 4.38. The van der Waals surface area contributed by atoms with Gasteiger partial charge in [-0.2, -0.15) is 18.2 Å². The number of alkyl halides is 3. The number of hydrogen-bond acceptors (Lipinski definition) is 8. The maximum absolute atomic E-state index is 12.6. The van der Waals surface area contributed by atoms with Crippen LogP contribution in [0, 0.1) is 6.92 Å². The van der Waals surface area contributed by atoms with E-state index in [-0.39, 0.29) is 23.8 Å². The zero-order valence-corrected chi connectivity index (χ0v) is 17.0. The molecule has 0 aliphatic rings. The van der Waals surface area contributed by atoms with Crippen molar-refractivity contribution in [2.75, 3.05) is 5.32 Å². The maximum atomic E-state index is 12.6. The van der Waals surface area contributed by atoms with Crippen LogP contribution >= 0.6 is 0 Å². The topological polar surface area (TPSA) is 116 Å². The van der Waals surface area contributed by atoms with Crippen LogP contribution in [0.3, 0.4) is 0 Å². The number of ether oxygens (including phenoxy) is 1. The third-order valence-electron chi connectivity index (χ3n) is 4.38. The van der Waals surface area contributed by atoms with Gasteiger partial charge in [0.2, 0.25) is 5.82 Å². The number of hydrogen-bond donors (Lipinski definition) is 1. The number of nitrogens with one attached hydrogen (secondary N) is 1. The number of rotatable bonds is 5. The van der Waals surface area contributed by atoms with Gasteiger partial charge < -0.3 is 9.26 Å². The van der Waals surface area contributed by atoms with Crippen molar-refractivity contribution in [2.45, 2.75) is 19.7 Å². The van der Waals surface area contributed by atoms with Crippen molar-refractivity contribution in [3.05, 3.63) is 72.1 Å². The highest BCUT2D eigenvalue weighted by Gasteiger charge is 2.38. The highest BCUT2D eigenvalue weighted by molar-refractivity contribution is 5.84. The van der Waals surface area contributed by atoms with Gasteiger partial charge in [0.15, 0.2) is 0 Å². The van der Waals surface area contributed by atoms with Gasteiger partial charge in [-0.15, -0.1) is 0 Å². The zero-order valence-electron chi connectivity index (χ0n) is 17.0. The Morgan fingerprint density at radius 1 is 1.12 bits per heavy atom. The molecule has 0 radical (unpaired) electrons. The van der Waals surface area contributed by atoms with Crippen LogP contribution in [0.2, 0.25) is 0 Å². The van der Waals surface area contributed by atoms with Crippen LogP contribution < -0.4 is 5.32 Å². The normalized spacial score (nSPS) is 11.3. The molecule has 0 aromatic carbocycles. The minimum atomic E-state index is -4.74. The van der Waals surface area contributed by atoms with Gasteiger partial charge in [-0.25, -0.2) is 9.78 Å². The summed E-state index contributed by atoms with van der Waals surface area (Å²) < 4.78 is 47.2. The highest BCUT2D eigenvalue weighted by atomic mass is 19.4. The van der Waals surface area contributed by atoms with Crippen molar-refractivity contribution in [1.29, 1.82) is 0 Å². The van der Waals surface area contributed by atoms with E-state index in [4.69, 9.17) is 4.74 Å². The van der Waals surface area contributed by atoms with Gasteiger partial charge in [0, 0.05) is 41.5 Å². The first-order chi connectivity index (χ1) is 15.8. The van der Waals surface area contributed by atoms with Gasteiger partial charge in [0.25, 0.3) is 0 Å². The summed E-state index contributed by atoms with van der Waals surface area (Å²) in [6, 6.07) is 8.73. The molecule has 33 heavy (non-hydrogen) atoms. The van der Waals surface area contributed by atoms with E-state index in [0.717, 1.165) is 11.3 Å². The molecule has 0 aliphatic carbocycles. The molecule has 4 aromatic heterocycles. The fourth-order valence-electron chi connectivity index (χ4n) is 2.76. The molecule has 0 saturated heterocycles. The smallest absolute Gasteiger partial charge is 0.444 e. The predicted octanol–water partition coefficient (Wildman–Crippen LogP) is 4.66. The Labute approximate surface area is 184 Å². The van der Waals surface area contributed by atoms with E-state index in [1.165, 1.54) is 12.3 Å². The van der Waals surface area contributed by atoms with Gasteiger partial charge in [0.05, 0.1) is 5.69 Å². The van der Waals surface area contributed by atoms with Crippen molar-refractivity contribution in [3.63, 3.8) is 0 Å². The summed E-state index contributed by atoms with van der Waals surface area (Å²) in [6.45, 7) is 1.59. The van der Waals surface area contributed by atoms with Crippen molar-refractivity contribution in [1.82, 2.24) is 25.1 Å². The molecule has 0 saturated carbocycles. The number of aryl methyl sites for hydroxylation is 1. The number of nitrogens with zero attached hydrogens (tertiary/aromatic N) is 5. The van der Waals surface area contributed by atoms with Gasteiger partial charge in [-0.3, -0.25) is 15.3 Å². The largest absolute Gasteiger partial charge is 0.471 e. The molecule has 0 aliphatic heterocycles. The van der Waals surface area contributed by atoms with Gasteiger partial charge in [-0.05, 0) is 36.8 Å². The molecule has 0 bridgehead atoms. The average Bonchev–Trinajstić information content (AvgIpc) is 3.31. The first-order valence-electron chi connectivity index (χ1n) is 9.46. The van der Waals surface area contributed by atoms with E-state index in [0.29, 0.717) is 11.1 Å². The van der Waals surface area contributed by atoms with Gasteiger partial charge in [0.1, 0.15) is 12.4 Å². The van der Waals surface area contributed by atoms with Crippen LogP contribution in [-0.4, -0.2) is 31.2 Å². The molecule has 4 rings (SSSR count). The molecular weight excluding hydrogens is 441 g/mol. The van der Waals surface area contributed by atoms with Crippen LogP contribution in [0.15, 0.2) is 59.6 Å². The summed E-state index contributed by atoms with van der Waals surface area (Å²) in [5.74, 6) is -1.55. The molecule has 0 unspecified atom stereocenters. The van der Waals surface area contributed by atoms with E-state index in [1.807, 2.05) is 12.1 Å². The summed E-state index contributed by atoms with van der Waals surface area (Å²) in [4.78, 5) is 27.8. The quantitative estimate of drug-likeness (QED) is 0.461. The molecule has 0 atom stereocenters. The van der Waals surface area contributed by atoms with Crippen molar-refractivity contribution in [2.24, 2.45) is 0 Å². The lowest BCUT2D eigenvalue weighted by atomic mass is 10.2. The molecule has 12 heteroatoms. The second-order valence-corrected chi connectivity index (χ2v) is 6.80. The molecule has 1 amide bonds. The fraction of sp³-hybridized carbons (Fsp3) is 0.143. The molecular formula is C21H15F3N6O3. The van der Waals surface area contributed by atoms with Crippen LogP contribution in [0.4, 0.5) is 23.8 Å². The molecule has 1 N–H and O–H groups in total. The Morgan fingerprint density at radius 2 is 1.97 bits per heavy atom. The average molecular weight is 456 g/mol. The lowest BCUT2D eigenvalue weighted by Crippen LogP contribution is -2.15. The third kappa shape index (κ3) is 5.29. The Balaban J connectivity index is 1.35. The summed E-state index contributed by atoms with van der Waals surface area (Å²) >= 11 is 0. The number of halogens is 3. The number of amides is 1. The lowest BCUT2D eigenvalue weighted by molar-refractivity contribution is -0.159. The Kier molecular flexibility index (Phi) is 5.98. The van der Waals surface area contributed by atoms with E-state index in [9.17, 15) is 18.0 Å². The van der Waals surface area contributed by atoms with Crippen molar-refractivity contribution >= 4 is 11.9 Å². The minimum Gasteiger partial charge on any atom is -0.444 e. The first-order valence-corrected chi connectivity index (χ1v) is 9.46. The van der Waals surface area contributed by atoms with Crippen molar-refractivity contribution in [3.8, 4) is 22.6 Å². The number of anilines is 1. The monoisotopic (exact) mass is 456 g/mol. The summed E-state index contributed by atoms with van der Waals surface area (Å²) in [6.07, 6.45) is 0.675. The fourth-order valence-corrected chi connectivity index (χ4v) is 2.76. The zero-order chi connectivity index (χ0) is 23.4. The van der Waals surface area contributed by atoms with Crippen LogP contribution in [0.5, 0.6) is 0 Å². The molecule has 0 spiro atoms. The molecule has 4 heterocycles.